The molecule has 2 bridgehead atoms. The second-order valence-electron chi connectivity index (χ2n) is 25.4. The lowest BCUT2D eigenvalue weighted by Crippen LogP contribution is -2.61. The maximum atomic E-state index is 2.84. The van der Waals surface area contributed by atoms with Crippen LogP contribution in [0.5, 0.6) is 0 Å². The highest BCUT2D eigenvalue weighted by molar-refractivity contribution is 7.00. The topological polar surface area (TPSA) is 9.72 Å². The van der Waals surface area contributed by atoms with Crippen LogP contribution in [0.2, 0.25) is 0 Å². The van der Waals surface area contributed by atoms with Crippen LogP contribution in [0.3, 0.4) is 0 Å². The molecule has 4 aliphatic rings. The average molecular weight is 1080 g/mol. The van der Waals surface area contributed by atoms with Crippen LogP contribution in [0.1, 0.15) is 65.9 Å². The molecule has 4 atom stereocenters. The van der Waals surface area contributed by atoms with Crippen LogP contribution in [0, 0.1) is 11.8 Å². The normalized spacial score (nSPS) is 17.8. The van der Waals surface area contributed by atoms with Gasteiger partial charge in [0, 0.05) is 62.8 Å². The van der Waals surface area contributed by atoms with Crippen molar-refractivity contribution in [3.05, 3.63) is 266 Å². The Morgan fingerprint density at radius 1 is 0.357 bits per heavy atom. The molecule has 2 fully saturated rings. The average Bonchev–Trinajstić information content (AvgIpc) is 0.727. The van der Waals surface area contributed by atoms with Crippen LogP contribution in [0.4, 0.5) is 39.8 Å². The first-order valence-electron chi connectivity index (χ1n) is 30.6. The molecule has 0 radical (unpaired) electrons. The Balaban J connectivity index is 1.09. The molecule has 15 rings (SSSR count). The van der Waals surface area contributed by atoms with Gasteiger partial charge >= 0.3 is 0 Å². The number of piperidine rings is 1. The predicted octanol–water partition coefficient (Wildman–Crippen LogP) is 19.5. The minimum Gasteiger partial charge on any atom is -0.366 e. The number of anilines is 7. The number of benzene rings is 11. The molecule has 0 aromatic heterocycles. The fourth-order valence-corrected chi connectivity index (χ4v) is 15.3. The van der Waals surface area contributed by atoms with Crippen LogP contribution in [-0.4, -0.2) is 18.8 Å². The quantitative estimate of drug-likeness (QED) is 0.133. The Bertz CT molecular complexity index is 4110. The lowest BCUT2D eigenvalue weighted by atomic mass is 9.33. The zero-order chi connectivity index (χ0) is 56.6. The van der Waals surface area contributed by atoms with E-state index in [-0.39, 0.29) is 12.1 Å². The van der Waals surface area contributed by atoms with Gasteiger partial charge in [0.2, 0.25) is 0 Å². The number of hydrogen-bond acceptors (Lipinski definition) is 3. The summed E-state index contributed by atoms with van der Waals surface area (Å²) >= 11 is 0. The van der Waals surface area contributed by atoms with Gasteiger partial charge in [-0.25, -0.2) is 0 Å². The number of rotatable bonds is 9. The van der Waals surface area contributed by atoms with Crippen molar-refractivity contribution in [3.8, 4) is 66.8 Å². The third-order valence-electron chi connectivity index (χ3n) is 19.0. The van der Waals surface area contributed by atoms with E-state index >= 15 is 0 Å². The Morgan fingerprint density at radius 2 is 0.821 bits per heavy atom. The summed E-state index contributed by atoms with van der Waals surface area (Å²) in [7, 11) is 0. The van der Waals surface area contributed by atoms with E-state index in [1.807, 2.05) is 0 Å². The first kappa shape index (κ1) is 51.7. The number of nitrogens with zero attached hydrogens (tertiary/aromatic N) is 3. The molecule has 1 aliphatic carbocycles. The lowest BCUT2D eigenvalue weighted by molar-refractivity contribution is 0.179. The third-order valence-corrected chi connectivity index (χ3v) is 19.0. The molecule has 408 valence electrons. The van der Waals surface area contributed by atoms with Gasteiger partial charge in [-0.3, -0.25) is 0 Å². The first-order valence-corrected chi connectivity index (χ1v) is 30.6. The molecule has 0 spiro atoms. The maximum Gasteiger partial charge on any atom is 0.252 e. The zero-order valence-electron chi connectivity index (χ0n) is 48.9. The highest BCUT2D eigenvalue weighted by Crippen LogP contribution is 2.54. The monoisotopic (exact) mass is 1080 g/mol. The van der Waals surface area contributed by atoms with Gasteiger partial charge in [-0.05, 0) is 147 Å². The van der Waals surface area contributed by atoms with Crippen LogP contribution in [0.25, 0.3) is 66.8 Å². The van der Waals surface area contributed by atoms with Gasteiger partial charge in [-0.15, -0.1) is 0 Å². The molecule has 1 saturated heterocycles. The molecule has 3 nitrogen and oxygen atoms in total. The van der Waals surface area contributed by atoms with Crippen molar-refractivity contribution in [2.45, 2.75) is 77.8 Å². The summed E-state index contributed by atoms with van der Waals surface area (Å²) in [5.74, 6) is 1.49. The van der Waals surface area contributed by atoms with E-state index in [0.717, 1.165) is 11.6 Å². The number of para-hydroxylation sites is 2. The van der Waals surface area contributed by atoms with Crippen molar-refractivity contribution in [2.24, 2.45) is 11.8 Å². The SMILES string of the molecule is CC1CC2CC(C)N(c3ccc4c(c3)N(c3c(-c5ccccc5)cccc3-c3ccccc3)c3cc(-c5ccccc5)cc5c3B4c3cc(-c4ccc(C(C)(C)C)cc4)ccc3N5c3c(-c4ccccc4)cccc3-c3ccccc3)C(C1)C2. The van der Waals surface area contributed by atoms with Gasteiger partial charge in [0.25, 0.3) is 6.71 Å². The second kappa shape index (κ2) is 20.9. The summed E-state index contributed by atoms with van der Waals surface area (Å²) in [5.41, 5.74) is 27.9. The van der Waals surface area contributed by atoms with Gasteiger partial charge in [-0.2, -0.15) is 0 Å². The molecule has 0 N–H and O–H groups in total. The van der Waals surface area contributed by atoms with Gasteiger partial charge in [0.15, 0.2) is 0 Å². The van der Waals surface area contributed by atoms with E-state index in [4.69, 9.17) is 0 Å². The molecular formula is C80H70BN3. The van der Waals surface area contributed by atoms with E-state index < -0.39 is 0 Å². The first-order chi connectivity index (χ1) is 41.1. The Morgan fingerprint density at radius 3 is 1.32 bits per heavy atom. The van der Waals surface area contributed by atoms with Gasteiger partial charge in [-0.1, -0.05) is 258 Å². The number of fused-ring (bicyclic) bond motifs is 6. The third kappa shape index (κ3) is 8.97. The molecule has 1 saturated carbocycles. The Labute approximate surface area is 497 Å². The fraction of sp³-hybridized carbons (Fsp3) is 0.175. The van der Waals surface area contributed by atoms with Crippen molar-refractivity contribution < 1.29 is 0 Å². The lowest BCUT2D eigenvalue weighted by Gasteiger charge is -2.51. The van der Waals surface area contributed by atoms with E-state index in [1.54, 1.807) is 0 Å². The summed E-state index contributed by atoms with van der Waals surface area (Å²) in [6.45, 7) is 11.8. The summed E-state index contributed by atoms with van der Waals surface area (Å²) in [5, 5.41) is 0. The Kier molecular flexibility index (Phi) is 12.9. The largest absolute Gasteiger partial charge is 0.366 e. The summed E-state index contributed by atoms with van der Waals surface area (Å²) in [6.07, 6.45) is 5.06. The minimum absolute atomic E-state index is 0.0369. The minimum atomic E-state index is -0.133. The van der Waals surface area contributed by atoms with Crippen LogP contribution in [-0.2, 0) is 5.41 Å². The molecule has 84 heavy (non-hydrogen) atoms. The summed E-state index contributed by atoms with van der Waals surface area (Å²) in [4.78, 5) is 8.24. The highest BCUT2D eigenvalue weighted by atomic mass is 15.2. The van der Waals surface area contributed by atoms with Crippen LogP contribution >= 0.6 is 0 Å². The molecule has 4 unspecified atom stereocenters. The standard InChI is InChI=1S/C80H70BN3/c1-53-45-55-47-54(2)82(66(46-53)48-55)65-42-43-71-74(52-65)84(79-69(60-29-17-9-18-30-60)35-22-36-70(79)61-31-19-10-20-32-61)76-51-63(56-23-11-6-12-24-56)50-75-77(76)81(71)72-49-62(57-37-40-64(41-38-57)80(3,4)5)39-44-73(72)83(75)78-67(58-25-13-7-14-26-58)33-21-34-68(78)59-27-15-8-16-28-59/h6-44,49-55,66H,45-48H2,1-5H3. The van der Waals surface area contributed by atoms with E-state index in [2.05, 4.69) is 310 Å². The van der Waals surface area contributed by atoms with Crippen LogP contribution in [0.15, 0.2) is 261 Å². The zero-order valence-corrected chi connectivity index (χ0v) is 48.9. The highest BCUT2D eigenvalue weighted by Gasteiger charge is 2.47. The van der Waals surface area contributed by atoms with Crippen molar-refractivity contribution in [1.29, 1.82) is 0 Å². The molecule has 3 heterocycles. The maximum absolute atomic E-state index is 2.84. The molecule has 3 aliphatic heterocycles. The van der Waals surface area contributed by atoms with Gasteiger partial charge < -0.3 is 14.7 Å². The predicted molar refractivity (Wildman–Crippen MR) is 359 cm³/mol. The smallest absolute Gasteiger partial charge is 0.252 e. The molecule has 11 aromatic rings. The Hall–Kier alpha value is -9.12. The van der Waals surface area contributed by atoms with E-state index in [1.165, 1.54) is 149 Å². The summed E-state index contributed by atoms with van der Waals surface area (Å²) < 4.78 is 0. The van der Waals surface area contributed by atoms with E-state index in [0.29, 0.717) is 18.0 Å². The fourth-order valence-electron chi connectivity index (χ4n) is 15.3. The van der Waals surface area contributed by atoms with E-state index in [9.17, 15) is 0 Å². The number of hydrogen-bond donors (Lipinski definition) is 0. The van der Waals surface area contributed by atoms with Crippen molar-refractivity contribution in [1.82, 2.24) is 0 Å². The van der Waals surface area contributed by atoms with Crippen LogP contribution < -0.4 is 31.1 Å². The van der Waals surface area contributed by atoms with Gasteiger partial charge in [0.05, 0.1) is 11.4 Å². The van der Waals surface area contributed by atoms with Crippen molar-refractivity contribution in [3.63, 3.8) is 0 Å². The molecule has 0 amide bonds. The molecule has 4 heteroatoms. The molecular weight excluding hydrogens is 1010 g/mol. The van der Waals surface area contributed by atoms with Crippen molar-refractivity contribution in [2.75, 3.05) is 14.7 Å². The second-order valence-corrected chi connectivity index (χ2v) is 25.4. The summed E-state index contributed by atoms with van der Waals surface area (Å²) in [6, 6.07) is 99.8. The molecule has 11 aromatic carbocycles. The van der Waals surface area contributed by atoms with Crippen molar-refractivity contribution >= 4 is 62.9 Å². The van der Waals surface area contributed by atoms with Gasteiger partial charge in [0.1, 0.15) is 0 Å².